The number of para-hydroxylation sites is 1. The Kier molecular flexibility index (Phi) is 4.05. The van der Waals surface area contributed by atoms with Crippen molar-refractivity contribution in [2.75, 3.05) is 5.32 Å². The van der Waals surface area contributed by atoms with Gasteiger partial charge in [-0.25, -0.2) is 4.79 Å². The van der Waals surface area contributed by atoms with E-state index in [1.807, 2.05) is 13.8 Å². The van der Waals surface area contributed by atoms with Crippen LogP contribution in [0.1, 0.15) is 30.6 Å². The van der Waals surface area contributed by atoms with E-state index < -0.39 is 5.97 Å². The van der Waals surface area contributed by atoms with Gasteiger partial charge in [0.1, 0.15) is 0 Å². The molecule has 1 amide bonds. The monoisotopic (exact) mass is 221 g/mol. The normalized spacial score (nSPS) is 10.2. The highest BCUT2D eigenvalue weighted by atomic mass is 16.4. The third-order valence-electron chi connectivity index (χ3n) is 2.03. The molecule has 0 saturated heterocycles. The number of carboxylic acids is 1. The van der Waals surface area contributed by atoms with Crippen LogP contribution in [0.15, 0.2) is 24.3 Å². The Morgan fingerprint density at radius 3 is 2.50 bits per heavy atom. The van der Waals surface area contributed by atoms with Crippen LogP contribution in [0.4, 0.5) is 5.69 Å². The predicted octanol–water partition coefficient (Wildman–Crippen LogP) is 2.37. The van der Waals surface area contributed by atoms with E-state index in [9.17, 15) is 9.59 Å². The molecule has 1 aromatic rings. The fraction of sp³-hybridized carbons (Fsp3) is 0.333. The van der Waals surface area contributed by atoms with Gasteiger partial charge in [-0.1, -0.05) is 26.0 Å². The molecule has 0 aliphatic carbocycles. The summed E-state index contributed by atoms with van der Waals surface area (Å²) < 4.78 is 0. The molecule has 0 aliphatic heterocycles. The van der Waals surface area contributed by atoms with E-state index in [0.29, 0.717) is 12.1 Å². The number of anilines is 1. The van der Waals surface area contributed by atoms with Crippen molar-refractivity contribution in [1.82, 2.24) is 0 Å². The molecule has 0 fully saturated rings. The maximum atomic E-state index is 11.5. The number of amides is 1. The maximum absolute atomic E-state index is 11.5. The molecule has 0 radical (unpaired) electrons. The van der Waals surface area contributed by atoms with E-state index in [-0.39, 0.29) is 17.4 Å². The lowest BCUT2D eigenvalue weighted by molar-refractivity contribution is -0.116. The number of carbonyl (C=O) groups is 2. The van der Waals surface area contributed by atoms with Crippen molar-refractivity contribution >= 4 is 17.6 Å². The van der Waals surface area contributed by atoms with Gasteiger partial charge in [-0.3, -0.25) is 4.79 Å². The molecular formula is C12H15NO3. The fourth-order valence-corrected chi connectivity index (χ4v) is 1.35. The van der Waals surface area contributed by atoms with Crippen LogP contribution in [-0.4, -0.2) is 17.0 Å². The van der Waals surface area contributed by atoms with Gasteiger partial charge in [-0.05, 0) is 18.1 Å². The maximum Gasteiger partial charge on any atom is 0.337 e. The number of nitrogens with one attached hydrogen (secondary N) is 1. The number of aromatic carboxylic acids is 1. The first-order chi connectivity index (χ1) is 7.50. The molecule has 1 rings (SSSR count). The summed E-state index contributed by atoms with van der Waals surface area (Å²) in [4.78, 5) is 22.4. The molecule has 0 aliphatic rings. The molecule has 1 aromatic carbocycles. The summed E-state index contributed by atoms with van der Waals surface area (Å²) in [5.41, 5.74) is 0.459. The molecule has 16 heavy (non-hydrogen) atoms. The number of hydrogen-bond donors (Lipinski definition) is 2. The van der Waals surface area contributed by atoms with E-state index in [4.69, 9.17) is 5.11 Å². The first-order valence-electron chi connectivity index (χ1n) is 5.13. The van der Waals surface area contributed by atoms with E-state index in [2.05, 4.69) is 5.32 Å². The van der Waals surface area contributed by atoms with Crippen LogP contribution in [0.5, 0.6) is 0 Å². The van der Waals surface area contributed by atoms with Crippen LogP contribution in [0, 0.1) is 5.92 Å². The minimum absolute atomic E-state index is 0.111. The Morgan fingerprint density at radius 1 is 1.31 bits per heavy atom. The quantitative estimate of drug-likeness (QED) is 0.820. The van der Waals surface area contributed by atoms with Gasteiger partial charge in [-0.2, -0.15) is 0 Å². The van der Waals surface area contributed by atoms with E-state index >= 15 is 0 Å². The first kappa shape index (κ1) is 12.2. The average Bonchev–Trinajstić information content (AvgIpc) is 2.16. The highest BCUT2D eigenvalue weighted by Crippen LogP contribution is 2.15. The Balaban J connectivity index is 2.81. The van der Waals surface area contributed by atoms with Crippen molar-refractivity contribution in [2.24, 2.45) is 5.92 Å². The van der Waals surface area contributed by atoms with Gasteiger partial charge in [0.2, 0.25) is 5.91 Å². The highest BCUT2D eigenvalue weighted by molar-refractivity contribution is 6.00. The molecule has 0 heterocycles. The van der Waals surface area contributed by atoms with Gasteiger partial charge >= 0.3 is 5.97 Å². The summed E-state index contributed by atoms with van der Waals surface area (Å²) in [6.45, 7) is 3.87. The molecule has 2 N–H and O–H groups in total. The number of carbonyl (C=O) groups excluding carboxylic acids is 1. The molecule has 86 valence electrons. The zero-order valence-electron chi connectivity index (χ0n) is 9.36. The van der Waals surface area contributed by atoms with Crippen molar-refractivity contribution in [2.45, 2.75) is 20.3 Å². The third-order valence-corrected chi connectivity index (χ3v) is 2.03. The van der Waals surface area contributed by atoms with Crippen LogP contribution < -0.4 is 5.32 Å². The Labute approximate surface area is 94.3 Å². The summed E-state index contributed by atoms with van der Waals surface area (Å²) in [6.07, 6.45) is 0.383. The molecule has 4 nitrogen and oxygen atoms in total. The topological polar surface area (TPSA) is 66.4 Å². The van der Waals surface area contributed by atoms with E-state index in [1.54, 1.807) is 18.2 Å². The van der Waals surface area contributed by atoms with E-state index in [1.165, 1.54) is 6.07 Å². The molecule has 0 unspecified atom stereocenters. The average molecular weight is 221 g/mol. The molecular weight excluding hydrogens is 206 g/mol. The molecule has 0 bridgehead atoms. The Bertz CT molecular complexity index is 399. The van der Waals surface area contributed by atoms with Gasteiger partial charge < -0.3 is 10.4 Å². The standard InChI is InChI=1S/C12H15NO3/c1-8(2)7-11(14)13-10-6-4-3-5-9(10)12(15)16/h3-6,8H,7H2,1-2H3,(H,13,14)(H,15,16). The number of hydrogen-bond acceptors (Lipinski definition) is 2. The van der Waals surface area contributed by atoms with Gasteiger partial charge in [0, 0.05) is 6.42 Å². The second kappa shape index (κ2) is 5.30. The summed E-state index contributed by atoms with van der Waals surface area (Å²) in [6, 6.07) is 6.37. The van der Waals surface area contributed by atoms with Crippen LogP contribution >= 0.6 is 0 Å². The van der Waals surface area contributed by atoms with Crippen molar-refractivity contribution in [3.63, 3.8) is 0 Å². The van der Waals surface area contributed by atoms with Gasteiger partial charge in [0.05, 0.1) is 11.3 Å². The molecule has 0 spiro atoms. The molecule has 0 saturated carbocycles. The Hall–Kier alpha value is -1.84. The summed E-state index contributed by atoms with van der Waals surface area (Å²) in [5.74, 6) is -0.957. The van der Waals surface area contributed by atoms with Crippen LogP contribution in [0.2, 0.25) is 0 Å². The van der Waals surface area contributed by atoms with E-state index in [0.717, 1.165) is 0 Å². The lowest BCUT2D eigenvalue weighted by atomic mass is 10.1. The predicted molar refractivity (Wildman–Crippen MR) is 61.5 cm³/mol. The lowest BCUT2D eigenvalue weighted by Gasteiger charge is -2.09. The van der Waals surface area contributed by atoms with Gasteiger partial charge in [-0.15, -0.1) is 0 Å². The van der Waals surface area contributed by atoms with Crippen LogP contribution in [0.25, 0.3) is 0 Å². The first-order valence-corrected chi connectivity index (χ1v) is 5.13. The SMILES string of the molecule is CC(C)CC(=O)Nc1ccccc1C(=O)O. The molecule has 4 heteroatoms. The van der Waals surface area contributed by atoms with Crippen LogP contribution in [-0.2, 0) is 4.79 Å². The minimum atomic E-state index is -1.04. The lowest BCUT2D eigenvalue weighted by Crippen LogP contribution is -2.16. The van der Waals surface area contributed by atoms with Crippen molar-refractivity contribution in [3.05, 3.63) is 29.8 Å². The number of carboxylic acid groups (broad SMARTS) is 1. The zero-order valence-corrected chi connectivity index (χ0v) is 9.36. The third kappa shape index (κ3) is 3.38. The highest BCUT2D eigenvalue weighted by Gasteiger charge is 2.12. The van der Waals surface area contributed by atoms with Gasteiger partial charge in [0.25, 0.3) is 0 Å². The second-order valence-electron chi connectivity index (χ2n) is 4.00. The second-order valence-corrected chi connectivity index (χ2v) is 4.00. The molecule has 0 atom stereocenters. The minimum Gasteiger partial charge on any atom is -0.478 e. The Morgan fingerprint density at radius 2 is 1.94 bits per heavy atom. The summed E-state index contributed by atoms with van der Waals surface area (Å²) in [7, 11) is 0. The number of rotatable bonds is 4. The fourth-order valence-electron chi connectivity index (χ4n) is 1.35. The smallest absolute Gasteiger partial charge is 0.337 e. The number of benzene rings is 1. The van der Waals surface area contributed by atoms with Crippen molar-refractivity contribution < 1.29 is 14.7 Å². The van der Waals surface area contributed by atoms with Gasteiger partial charge in [0.15, 0.2) is 0 Å². The summed E-state index contributed by atoms with van der Waals surface area (Å²) >= 11 is 0. The summed E-state index contributed by atoms with van der Waals surface area (Å²) in [5, 5.41) is 11.5. The largest absolute Gasteiger partial charge is 0.478 e. The van der Waals surface area contributed by atoms with Crippen LogP contribution in [0.3, 0.4) is 0 Å². The van der Waals surface area contributed by atoms with Crippen molar-refractivity contribution in [1.29, 1.82) is 0 Å². The zero-order chi connectivity index (χ0) is 12.1. The molecule has 0 aromatic heterocycles. The van der Waals surface area contributed by atoms with Crippen molar-refractivity contribution in [3.8, 4) is 0 Å².